The van der Waals surface area contributed by atoms with Crippen molar-refractivity contribution in [3.05, 3.63) is 80.2 Å². The molecule has 0 saturated heterocycles. The van der Waals surface area contributed by atoms with Crippen LogP contribution in [-0.4, -0.2) is 18.5 Å². The molecule has 4 aromatic carbocycles. The van der Waals surface area contributed by atoms with Gasteiger partial charge in [-0.15, -0.1) is 0 Å². The molecule has 3 nitrogen and oxygen atoms in total. The van der Waals surface area contributed by atoms with E-state index in [9.17, 15) is 13.6 Å². The Morgan fingerprint density at radius 1 is 0.791 bits per heavy atom. The summed E-state index contributed by atoms with van der Waals surface area (Å²) >= 11 is 7.25. The summed E-state index contributed by atoms with van der Waals surface area (Å²) in [7, 11) is 0. The normalized spacial score (nSPS) is 24.4. The summed E-state index contributed by atoms with van der Waals surface area (Å²) in [6.45, 7) is 4.52. The summed E-state index contributed by atoms with van der Waals surface area (Å²) < 4.78 is 43.3. The number of carbonyl (C=O) groups excluding carboxylic acids is 1. The molecule has 2 aliphatic rings. The first-order chi connectivity index (χ1) is 20.7. The summed E-state index contributed by atoms with van der Waals surface area (Å²) in [5, 5.41) is 3.12. The van der Waals surface area contributed by atoms with Crippen LogP contribution in [0.4, 0.5) is 8.78 Å². The Labute approximate surface area is 268 Å². The van der Waals surface area contributed by atoms with Gasteiger partial charge in [-0.1, -0.05) is 63.9 Å². The summed E-state index contributed by atoms with van der Waals surface area (Å²) in [5.41, 5.74) is 1.64. The third kappa shape index (κ3) is 6.35. The third-order valence-corrected chi connectivity index (χ3v) is 10.7. The van der Waals surface area contributed by atoms with Gasteiger partial charge in [-0.05, 0) is 126 Å². The van der Waals surface area contributed by atoms with Gasteiger partial charge < -0.3 is 9.47 Å². The van der Waals surface area contributed by atoms with Crippen molar-refractivity contribution >= 4 is 59.7 Å². The highest BCUT2D eigenvalue weighted by molar-refractivity contribution is 9.10. The molecule has 2 aliphatic carbocycles. The average molecular weight is 714 g/mol. The van der Waals surface area contributed by atoms with Crippen molar-refractivity contribution in [3.63, 3.8) is 0 Å². The number of alkyl halides is 2. The number of hydrogen-bond donors (Lipinski definition) is 0. The summed E-state index contributed by atoms with van der Waals surface area (Å²) in [6, 6.07) is 17.0. The fraction of sp³-hybridized carbons (Fsp3) is 0.417. The van der Waals surface area contributed by atoms with Crippen molar-refractivity contribution in [1.82, 2.24) is 0 Å². The number of rotatable bonds is 7. The average Bonchev–Trinajstić information content (AvgIpc) is 2.98. The predicted molar refractivity (Wildman–Crippen MR) is 176 cm³/mol. The lowest BCUT2D eigenvalue weighted by Gasteiger charge is -2.36. The molecule has 0 aliphatic heterocycles. The van der Waals surface area contributed by atoms with Crippen molar-refractivity contribution in [1.29, 1.82) is 0 Å². The van der Waals surface area contributed by atoms with Crippen LogP contribution in [0, 0.1) is 11.8 Å². The van der Waals surface area contributed by atoms with Crippen LogP contribution < -0.4 is 9.47 Å². The lowest BCUT2D eigenvalue weighted by Crippen LogP contribution is -2.29. The van der Waals surface area contributed by atoms with Gasteiger partial charge in [-0.25, -0.2) is 8.78 Å². The van der Waals surface area contributed by atoms with E-state index in [1.54, 1.807) is 18.2 Å². The quantitative estimate of drug-likeness (QED) is 0.179. The van der Waals surface area contributed by atoms with Gasteiger partial charge in [0.1, 0.15) is 11.5 Å². The Kier molecular flexibility index (Phi) is 9.11. The maximum absolute atomic E-state index is 14.3. The van der Waals surface area contributed by atoms with Gasteiger partial charge in [0.05, 0.1) is 23.3 Å². The molecule has 0 bridgehead atoms. The number of ether oxygens (including phenoxy) is 2. The van der Waals surface area contributed by atoms with Crippen LogP contribution in [-0.2, 0) is 0 Å². The third-order valence-electron chi connectivity index (χ3n) is 9.56. The molecule has 2 saturated carbocycles. The first-order valence-electron chi connectivity index (χ1n) is 15.3. The molecule has 6 rings (SSSR count). The van der Waals surface area contributed by atoms with Gasteiger partial charge in [-0.2, -0.15) is 0 Å². The topological polar surface area (TPSA) is 35.5 Å². The minimum Gasteiger partial charge on any atom is -0.490 e. The number of fused-ring (bicyclic) bond motifs is 2. The highest BCUT2D eigenvalue weighted by atomic mass is 79.9. The van der Waals surface area contributed by atoms with E-state index in [0.717, 1.165) is 81.4 Å². The maximum atomic E-state index is 14.3. The van der Waals surface area contributed by atoms with Gasteiger partial charge in [0.15, 0.2) is 6.29 Å². The van der Waals surface area contributed by atoms with Crippen molar-refractivity contribution in [2.45, 2.75) is 83.3 Å². The fourth-order valence-electron chi connectivity index (χ4n) is 7.04. The largest absolute Gasteiger partial charge is 0.490 e. The molecule has 0 aromatic heterocycles. The molecule has 3 atom stereocenters. The van der Waals surface area contributed by atoms with Crippen LogP contribution in [0.3, 0.4) is 0 Å². The second-order valence-electron chi connectivity index (χ2n) is 12.5. The Hall–Kier alpha value is -2.51. The molecule has 0 spiro atoms. The van der Waals surface area contributed by atoms with Crippen LogP contribution in [0.15, 0.2) is 63.5 Å². The van der Waals surface area contributed by atoms with Gasteiger partial charge >= 0.3 is 0 Å². The molecule has 1 unspecified atom stereocenters. The van der Waals surface area contributed by atoms with Gasteiger partial charge in [-0.3, -0.25) is 4.79 Å². The standard InChI is InChI=1S/C36H36Br2F2O3/c1-20-3-9-25(10-4-20)42-33-13-6-23-16-32(38)30(18-29(23)31(33)19-41)28-17-26(11-5-21(28)2)43-34-14-7-22-15-24(37)8-12-27(22)35(34)36(39)40/h6-8,12-16,18-21,25-26,28,36H,3-5,9-11,17H2,1-2H3/t20-,21-,25+,26+,28?/m0/s1. The van der Waals surface area contributed by atoms with E-state index in [-0.39, 0.29) is 29.4 Å². The summed E-state index contributed by atoms with van der Waals surface area (Å²) in [6.07, 6.45) is 4.89. The molecule has 0 radical (unpaired) electrons. The van der Waals surface area contributed by atoms with Crippen molar-refractivity contribution in [2.75, 3.05) is 0 Å². The van der Waals surface area contributed by atoms with Crippen molar-refractivity contribution < 1.29 is 23.0 Å². The number of hydrogen-bond acceptors (Lipinski definition) is 3. The molecule has 0 N–H and O–H groups in total. The predicted octanol–water partition coefficient (Wildman–Crippen LogP) is 11.6. The summed E-state index contributed by atoms with van der Waals surface area (Å²) in [5.74, 6) is 2.12. The zero-order valence-corrected chi connectivity index (χ0v) is 27.6. The van der Waals surface area contributed by atoms with Crippen LogP contribution in [0.1, 0.15) is 92.6 Å². The SMILES string of the molecule is C[C@H]1CC[C@@H](Oc2ccc3cc(Br)ccc3c2C(F)F)CC1c1cc2c(C=O)c(O[C@H]3CC[C@@H](C)CC3)ccc2cc1Br. The van der Waals surface area contributed by atoms with E-state index in [1.807, 2.05) is 24.3 Å². The Morgan fingerprint density at radius 2 is 1.47 bits per heavy atom. The smallest absolute Gasteiger partial charge is 0.268 e. The molecule has 2 fully saturated rings. The molecule has 0 amide bonds. The van der Waals surface area contributed by atoms with Crippen LogP contribution in [0.5, 0.6) is 11.5 Å². The number of aldehydes is 1. The minimum atomic E-state index is -2.65. The fourth-order valence-corrected chi connectivity index (χ4v) is 8.07. The second kappa shape index (κ2) is 12.8. The highest BCUT2D eigenvalue weighted by Crippen LogP contribution is 2.45. The minimum absolute atomic E-state index is 0.0531. The maximum Gasteiger partial charge on any atom is 0.268 e. The number of halogens is 4. The monoisotopic (exact) mass is 712 g/mol. The van der Waals surface area contributed by atoms with E-state index >= 15 is 0 Å². The van der Waals surface area contributed by atoms with Gasteiger partial charge in [0, 0.05) is 8.95 Å². The lowest BCUT2D eigenvalue weighted by molar-refractivity contribution is 0.106. The lowest BCUT2D eigenvalue weighted by atomic mass is 9.75. The second-order valence-corrected chi connectivity index (χ2v) is 14.2. The molecular weight excluding hydrogens is 678 g/mol. The highest BCUT2D eigenvalue weighted by Gasteiger charge is 2.33. The number of carbonyl (C=O) groups is 1. The van der Waals surface area contributed by atoms with Crippen molar-refractivity contribution in [2.24, 2.45) is 11.8 Å². The molecule has 0 heterocycles. The zero-order chi connectivity index (χ0) is 30.2. The van der Waals surface area contributed by atoms with E-state index < -0.39 is 6.43 Å². The first-order valence-corrected chi connectivity index (χ1v) is 16.8. The molecule has 226 valence electrons. The van der Waals surface area contributed by atoms with E-state index in [2.05, 4.69) is 57.8 Å². The first kappa shape index (κ1) is 30.5. The summed E-state index contributed by atoms with van der Waals surface area (Å²) in [4.78, 5) is 12.5. The Bertz CT molecular complexity index is 1650. The van der Waals surface area contributed by atoms with Crippen LogP contribution in [0.25, 0.3) is 21.5 Å². The van der Waals surface area contributed by atoms with Crippen LogP contribution in [0.2, 0.25) is 0 Å². The molecule has 4 aromatic rings. The number of benzene rings is 4. The van der Waals surface area contributed by atoms with E-state index in [4.69, 9.17) is 9.47 Å². The van der Waals surface area contributed by atoms with Crippen molar-refractivity contribution in [3.8, 4) is 11.5 Å². The Balaban J connectivity index is 1.30. The zero-order valence-electron chi connectivity index (χ0n) is 24.4. The van der Waals surface area contributed by atoms with Gasteiger partial charge in [0.2, 0.25) is 0 Å². The van der Waals surface area contributed by atoms with E-state index in [0.29, 0.717) is 29.0 Å². The molecule has 7 heteroatoms. The van der Waals surface area contributed by atoms with E-state index in [1.165, 1.54) is 0 Å². The van der Waals surface area contributed by atoms with Crippen LogP contribution >= 0.6 is 31.9 Å². The molecule has 43 heavy (non-hydrogen) atoms. The Morgan fingerprint density at radius 3 is 2.19 bits per heavy atom. The molecular formula is C36H36Br2F2O3. The van der Waals surface area contributed by atoms with Gasteiger partial charge in [0.25, 0.3) is 6.43 Å².